The summed E-state index contributed by atoms with van der Waals surface area (Å²) in [7, 11) is 0. The zero-order valence-electron chi connectivity index (χ0n) is 10.1. The van der Waals surface area contributed by atoms with Gasteiger partial charge in [-0.15, -0.1) is 0 Å². The van der Waals surface area contributed by atoms with Crippen molar-refractivity contribution in [3.05, 3.63) is 16.5 Å². The molecule has 18 heavy (non-hydrogen) atoms. The topological polar surface area (TPSA) is 58.1 Å². The van der Waals surface area contributed by atoms with E-state index < -0.39 is 0 Å². The van der Waals surface area contributed by atoms with E-state index in [4.69, 9.17) is 11.6 Å². The van der Waals surface area contributed by atoms with Crippen molar-refractivity contribution in [2.75, 3.05) is 24.5 Å². The van der Waals surface area contributed by atoms with Gasteiger partial charge in [-0.05, 0) is 37.3 Å². The molecule has 0 unspecified atom stereocenters. The van der Waals surface area contributed by atoms with Crippen LogP contribution in [-0.2, 0) is 17.6 Å². The number of nitrogens with one attached hydrogen (secondary N) is 1. The van der Waals surface area contributed by atoms with Crippen LogP contribution in [0.2, 0.25) is 5.28 Å². The van der Waals surface area contributed by atoms with Gasteiger partial charge in [-0.25, -0.2) is 9.97 Å². The van der Waals surface area contributed by atoms with Gasteiger partial charge < -0.3 is 10.2 Å². The second-order valence-corrected chi connectivity index (χ2v) is 5.06. The quantitative estimate of drug-likeness (QED) is 0.769. The molecule has 1 aliphatic carbocycles. The molecule has 3 rings (SSSR count). The molecule has 2 aliphatic rings. The van der Waals surface area contributed by atoms with E-state index in [1.165, 1.54) is 5.56 Å². The summed E-state index contributed by atoms with van der Waals surface area (Å²) in [6, 6.07) is 0. The summed E-state index contributed by atoms with van der Waals surface area (Å²) >= 11 is 5.98. The lowest BCUT2D eigenvalue weighted by Crippen LogP contribution is -2.34. The van der Waals surface area contributed by atoms with Gasteiger partial charge in [0.1, 0.15) is 5.82 Å². The summed E-state index contributed by atoms with van der Waals surface area (Å²) in [6.07, 6.45) is 3.98. The Hall–Kier alpha value is -1.36. The number of amides is 1. The average molecular weight is 267 g/mol. The summed E-state index contributed by atoms with van der Waals surface area (Å²) in [5.74, 6) is 0.911. The molecule has 0 bridgehead atoms. The normalized spacial score (nSPS) is 19.4. The number of nitrogens with zero attached hydrogens (tertiary/aromatic N) is 3. The van der Waals surface area contributed by atoms with Crippen LogP contribution in [-0.4, -0.2) is 35.5 Å². The Labute approximate surface area is 111 Å². The number of aromatic nitrogens is 2. The maximum absolute atomic E-state index is 11.6. The smallest absolute Gasteiger partial charge is 0.239 e. The van der Waals surface area contributed by atoms with E-state index >= 15 is 0 Å². The van der Waals surface area contributed by atoms with Crippen molar-refractivity contribution in [2.45, 2.75) is 25.7 Å². The highest BCUT2D eigenvalue weighted by Crippen LogP contribution is 2.30. The number of carbonyl (C=O) groups is 1. The first-order valence-electron chi connectivity index (χ1n) is 6.31. The fourth-order valence-corrected chi connectivity index (χ4v) is 2.81. The van der Waals surface area contributed by atoms with E-state index in [2.05, 4.69) is 15.3 Å². The van der Waals surface area contributed by atoms with Gasteiger partial charge in [0.15, 0.2) is 0 Å². The van der Waals surface area contributed by atoms with Gasteiger partial charge in [0, 0.05) is 18.7 Å². The third-order valence-electron chi connectivity index (χ3n) is 3.44. The van der Waals surface area contributed by atoms with Gasteiger partial charge in [-0.2, -0.15) is 0 Å². The largest absolute Gasteiger partial charge is 0.354 e. The summed E-state index contributed by atoms with van der Waals surface area (Å²) in [5, 5.41) is 3.16. The fraction of sp³-hybridized carbons (Fsp3) is 0.583. The predicted molar refractivity (Wildman–Crippen MR) is 68.9 cm³/mol. The van der Waals surface area contributed by atoms with Gasteiger partial charge in [-0.3, -0.25) is 4.79 Å². The van der Waals surface area contributed by atoms with Crippen LogP contribution in [0.5, 0.6) is 0 Å². The second kappa shape index (κ2) is 4.72. The second-order valence-electron chi connectivity index (χ2n) is 4.72. The van der Waals surface area contributed by atoms with E-state index in [0.29, 0.717) is 6.54 Å². The standard InChI is InChI=1S/C12H15ClN4O/c13-12-15-9-4-1-3-8(9)11(16-12)17-6-2-5-14-10(18)7-17/h1-7H2,(H,14,18). The lowest BCUT2D eigenvalue weighted by molar-refractivity contribution is -0.119. The molecule has 96 valence electrons. The molecule has 6 heteroatoms. The Bertz CT molecular complexity index is 491. The van der Waals surface area contributed by atoms with E-state index in [1.807, 2.05) is 4.90 Å². The minimum Gasteiger partial charge on any atom is -0.354 e. The molecular weight excluding hydrogens is 252 g/mol. The molecule has 1 amide bonds. The number of halogens is 1. The molecule has 1 saturated heterocycles. The zero-order valence-corrected chi connectivity index (χ0v) is 10.8. The first-order chi connectivity index (χ1) is 8.74. The van der Waals surface area contributed by atoms with Gasteiger partial charge in [-0.1, -0.05) is 0 Å². The highest BCUT2D eigenvalue weighted by atomic mass is 35.5. The first kappa shape index (κ1) is 11.7. The Morgan fingerprint density at radius 3 is 3.00 bits per heavy atom. The first-order valence-corrected chi connectivity index (χ1v) is 6.69. The molecule has 1 aromatic rings. The van der Waals surface area contributed by atoms with E-state index in [-0.39, 0.29) is 11.2 Å². The summed E-state index contributed by atoms with van der Waals surface area (Å²) < 4.78 is 0. The molecule has 0 atom stereocenters. The molecule has 0 spiro atoms. The molecule has 0 saturated carbocycles. The number of anilines is 1. The highest BCUT2D eigenvalue weighted by Gasteiger charge is 2.24. The van der Waals surface area contributed by atoms with Crippen LogP contribution in [0, 0.1) is 0 Å². The molecule has 1 N–H and O–H groups in total. The summed E-state index contributed by atoms with van der Waals surface area (Å²) in [6.45, 7) is 1.93. The van der Waals surface area contributed by atoms with Crippen molar-refractivity contribution in [3.63, 3.8) is 0 Å². The fourth-order valence-electron chi connectivity index (χ4n) is 2.63. The van der Waals surface area contributed by atoms with E-state index in [9.17, 15) is 4.79 Å². The summed E-state index contributed by atoms with van der Waals surface area (Å²) in [4.78, 5) is 22.3. The van der Waals surface area contributed by atoms with Crippen molar-refractivity contribution < 1.29 is 4.79 Å². The van der Waals surface area contributed by atoms with Crippen LogP contribution in [0.3, 0.4) is 0 Å². The molecule has 2 heterocycles. The Morgan fingerprint density at radius 1 is 1.22 bits per heavy atom. The third kappa shape index (κ3) is 2.14. The van der Waals surface area contributed by atoms with Crippen LogP contribution in [0.4, 0.5) is 5.82 Å². The Kier molecular flexibility index (Phi) is 3.07. The predicted octanol–water partition coefficient (Wildman–Crippen LogP) is 0.945. The van der Waals surface area contributed by atoms with Crippen LogP contribution in [0.15, 0.2) is 0 Å². The molecule has 5 nitrogen and oxygen atoms in total. The van der Waals surface area contributed by atoms with Crippen LogP contribution >= 0.6 is 11.6 Å². The van der Waals surface area contributed by atoms with Crippen molar-refractivity contribution in [1.82, 2.24) is 15.3 Å². The van der Waals surface area contributed by atoms with Crippen molar-refractivity contribution in [3.8, 4) is 0 Å². The van der Waals surface area contributed by atoms with Crippen molar-refractivity contribution >= 4 is 23.3 Å². The number of fused-ring (bicyclic) bond motifs is 1. The number of hydrogen-bond donors (Lipinski definition) is 1. The molecule has 0 radical (unpaired) electrons. The van der Waals surface area contributed by atoms with Gasteiger partial charge in [0.2, 0.25) is 11.2 Å². The lowest BCUT2D eigenvalue weighted by Gasteiger charge is -2.22. The summed E-state index contributed by atoms with van der Waals surface area (Å²) in [5.41, 5.74) is 2.23. The van der Waals surface area contributed by atoms with Gasteiger partial charge in [0.05, 0.1) is 12.2 Å². The number of hydrogen-bond acceptors (Lipinski definition) is 4. The molecule has 0 aromatic carbocycles. The Balaban J connectivity index is 1.97. The maximum atomic E-state index is 11.6. The zero-order chi connectivity index (χ0) is 12.5. The highest BCUT2D eigenvalue weighted by molar-refractivity contribution is 6.28. The third-order valence-corrected chi connectivity index (χ3v) is 3.61. The van der Waals surface area contributed by atoms with Crippen LogP contribution in [0.25, 0.3) is 0 Å². The number of rotatable bonds is 1. The Morgan fingerprint density at radius 2 is 2.11 bits per heavy atom. The van der Waals surface area contributed by atoms with Crippen LogP contribution < -0.4 is 10.2 Å². The van der Waals surface area contributed by atoms with Gasteiger partial charge >= 0.3 is 0 Å². The monoisotopic (exact) mass is 266 g/mol. The van der Waals surface area contributed by atoms with Gasteiger partial charge in [0.25, 0.3) is 0 Å². The van der Waals surface area contributed by atoms with Crippen molar-refractivity contribution in [2.24, 2.45) is 0 Å². The van der Waals surface area contributed by atoms with Crippen molar-refractivity contribution in [1.29, 1.82) is 0 Å². The molecule has 1 fully saturated rings. The molecule has 1 aromatic heterocycles. The average Bonchev–Trinajstić information content (AvgIpc) is 2.69. The molecule has 1 aliphatic heterocycles. The minimum atomic E-state index is 0.0500. The van der Waals surface area contributed by atoms with E-state index in [0.717, 1.165) is 50.3 Å². The lowest BCUT2D eigenvalue weighted by atomic mass is 10.2. The van der Waals surface area contributed by atoms with E-state index in [1.54, 1.807) is 0 Å². The SMILES string of the molecule is O=C1CN(c2nc(Cl)nc3c2CCC3)CCCN1. The number of carbonyl (C=O) groups excluding carboxylic acids is 1. The maximum Gasteiger partial charge on any atom is 0.239 e. The van der Waals surface area contributed by atoms with Crippen LogP contribution in [0.1, 0.15) is 24.1 Å². The minimum absolute atomic E-state index is 0.0500. The number of aryl methyl sites for hydroxylation is 1. The molecular formula is C12H15ClN4O.